The zero-order valence-electron chi connectivity index (χ0n) is 12.2. The molecule has 0 unspecified atom stereocenters. The van der Waals surface area contributed by atoms with Gasteiger partial charge in [-0.2, -0.15) is 0 Å². The fourth-order valence-corrected chi connectivity index (χ4v) is 2.52. The van der Waals surface area contributed by atoms with E-state index < -0.39 is 0 Å². The summed E-state index contributed by atoms with van der Waals surface area (Å²) < 4.78 is 5.52. The maximum atomic E-state index is 11.7. The smallest absolute Gasteiger partial charge is 0.337 e. The molecule has 1 amide bonds. The Balaban J connectivity index is 1.91. The molecule has 1 fully saturated rings. The molecule has 1 aliphatic carbocycles. The number of likely N-dealkylation sites (N-methyl/N-ethyl adjacent to an activating group) is 1. The predicted octanol–water partition coefficient (Wildman–Crippen LogP) is 1.95. The topological polar surface area (TPSA) is 58.6 Å². The first-order valence-corrected chi connectivity index (χ1v) is 7.63. The van der Waals surface area contributed by atoms with E-state index >= 15 is 0 Å². The monoisotopic (exact) mass is 354 g/mol. The molecule has 1 N–H and O–H groups in total. The van der Waals surface area contributed by atoms with Crippen LogP contribution in [0.1, 0.15) is 28.8 Å². The summed E-state index contributed by atoms with van der Waals surface area (Å²) in [6.07, 6.45) is 2.19. The third kappa shape index (κ3) is 4.82. The Kier molecular flexibility index (Phi) is 5.36. The normalized spacial score (nSPS) is 14.1. The number of nitrogens with one attached hydrogen (secondary N) is 1. The first kappa shape index (κ1) is 16.0. The highest BCUT2D eigenvalue weighted by Crippen LogP contribution is 2.21. The molecule has 1 aliphatic rings. The summed E-state index contributed by atoms with van der Waals surface area (Å²) in [4.78, 5) is 25.1. The fourth-order valence-electron chi connectivity index (χ4n) is 2.01. The van der Waals surface area contributed by atoms with Crippen molar-refractivity contribution in [2.45, 2.75) is 25.4 Å². The van der Waals surface area contributed by atoms with Crippen molar-refractivity contribution in [1.82, 2.24) is 10.2 Å². The van der Waals surface area contributed by atoms with Gasteiger partial charge in [0.05, 0.1) is 19.2 Å². The number of benzene rings is 1. The van der Waals surface area contributed by atoms with Gasteiger partial charge in [0, 0.05) is 17.1 Å². The van der Waals surface area contributed by atoms with E-state index in [0.717, 1.165) is 22.9 Å². The van der Waals surface area contributed by atoms with Crippen LogP contribution in [-0.4, -0.2) is 43.5 Å². The summed E-state index contributed by atoms with van der Waals surface area (Å²) in [5, 5.41) is 2.96. The number of hydrogen-bond donors (Lipinski definition) is 1. The standard InChI is InChI=1S/C15H19BrN2O3/c1-18(9-14(19)17-12-5-6-12)8-11-4-3-10(7-13(11)16)15(20)21-2/h3-4,7,12H,5-6,8-9H2,1-2H3,(H,17,19). The van der Waals surface area contributed by atoms with E-state index in [0.29, 0.717) is 24.7 Å². The average molecular weight is 355 g/mol. The Morgan fingerprint density at radius 2 is 2.14 bits per heavy atom. The van der Waals surface area contributed by atoms with Crippen molar-refractivity contribution in [3.8, 4) is 0 Å². The van der Waals surface area contributed by atoms with Crippen molar-refractivity contribution in [3.05, 3.63) is 33.8 Å². The molecule has 0 radical (unpaired) electrons. The molecule has 6 heteroatoms. The lowest BCUT2D eigenvalue weighted by Crippen LogP contribution is -2.36. The summed E-state index contributed by atoms with van der Waals surface area (Å²) in [7, 11) is 3.25. The second kappa shape index (κ2) is 7.04. The summed E-state index contributed by atoms with van der Waals surface area (Å²) in [5.41, 5.74) is 1.52. The number of hydrogen-bond acceptors (Lipinski definition) is 4. The van der Waals surface area contributed by atoms with Crippen LogP contribution in [0.25, 0.3) is 0 Å². The number of amides is 1. The van der Waals surface area contributed by atoms with E-state index in [-0.39, 0.29) is 11.9 Å². The van der Waals surface area contributed by atoms with Crippen LogP contribution in [-0.2, 0) is 16.1 Å². The molecule has 5 nitrogen and oxygen atoms in total. The number of esters is 1. The quantitative estimate of drug-likeness (QED) is 0.793. The Hall–Kier alpha value is -1.40. The Labute approximate surface area is 132 Å². The van der Waals surface area contributed by atoms with Crippen molar-refractivity contribution in [3.63, 3.8) is 0 Å². The molecule has 0 bridgehead atoms. The number of methoxy groups -OCH3 is 1. The van der Waals surface area contributed by atoms with Gasteiger partial charge in [-0.25, -0.2) is 4.79 Å². The van der Waals surface area contributed by atoms with Crippen LogP contribution in [0.2, 0.25) is 0 Å². The highest BCUT2D eigenvalue weighted by molar-refractivity contribution is 9.10. The van der Waals surface area contributed by atoms with E-state index in [2.05, 4.69) is 26.0 Å². The van der Waals surface area contributed by atoms with Crippen LogP contribution in [0.4, 0.5) is 0 Å². The molecule has 2 rings (SSSR count). The summed E-state index contributed by atoms with van der Waals surface area (Å²) in [5.74, 6) is -0.304. The highest BCUT2D eigenvalue weighted by Gasteiger charge is 2.23. The van der Waals surface area contributed by atoms with Gasteiger partial charge in [-0.05, 0) is 37.6 Å². The number of carbonyl (C=O) groups excluding carboxylic acids is 2. The lowest BCUT2D eigenvalue weighted by atomic mass is 10.1. The first-order chi connectivity index (χ1) is 9.99. The lowest BCUT2D eigenvalue weighted by molar-refractivity contribution is -0.122. The molecule has 114 valence electrons. The minimum Gasteiger partial charge on any atom is -0.465 e. The molecule has 1 saturated carbocycles. The minimum absolute atomic E-state index is 0.0577. The SMILES string of the molecule is COC(=O)c1ccc(CN(C)CC(=O)NC2CC2)c(Br)c1. The molecular weight excluding hydrogens is 336 g/mol. The zero-order valence-corrected chi connectivity index (χ0v) is 13.8. The van der Waals surface area contributed by atoms with Crippen molar-refractivity contribution in [2.75, 3.05) is 20.7 Å². The second-order valence-electron chi connectivity index (χ2n) is 5.31. The van der Waals surface area contributed by atoms with Gasteiger partial charge in [0.1, 0.15) is 0 Å². The maximum Gasteiger partial charge on any atom is 0.337 e. The number of carbonyl (C=O) groups is 2. The molecule has 0 aromatic heterocycles. The summed E-state index contributed by atoms with van der Waals surface area (Å²) in [6, 6.07) is 5.71. The van der Waals surface area contributed by atoms with Crippen LogP contribution in [0.15, 0.2) is 22.7 Å². The molecule has 0 saturated heterocycles. The minimum atomic E-state index is -0.362. The summed E-state index contributed by atoms with van der Waals surface area (Å²) >= 11 is 3.45. The number of nitrogens with zero attached hydrogens (tertiary/aromatic N) is 1. The number of rotatable bonds is 6. The van der Waals surface area contributed by atoms with Crippen molar-refractivity contribution in [2.24, 2.45) is 0 Å². The Bertz CT molecular complexity index is 544. The summed E-state index contributed by atoms with van der Waals surface area (Å²) in [6.45, 7) is 0.988. The van der Waals surface area contributed by atoms with E-state index in [9.17, 15) is 9.59 Å². The molecule has 0 heterocycles. The van der Waals surface area contributed by atoms with Crippen LogP contribution >= 0.6 is 15.9 Å². The Morgan fingerprint density at radius 3 is 2.71 bits per heavy atom. The van der Waals surface area contributed by atoms with E-state index in [1.165, 1.54) is 7.11 Å². The molecule has 1 aromatic rings. The van der Waals surface area contributed by atoms with Crippen LogP contribution in [0.5, 0.6) is 0 Å². The van der Waals surface area contributed by atoms with Gasteiger partial charge in [-0.1, -0.05) is 22.0 Å². The first-order valence-electron chi connectivity index (χ1n) is 6.84. The lowest BCUT2D eigenvalue weighted by Gasteiger charge is -2.17. The molecule has 0 spiro atoms. The van der Waals surface area contributed by atoms with Gasteiger partial charge in [0.15, 0.2) is 0 Å². The third-order valence-corrected chi connectivity index (χ3v) is 4.01. The molecule has 1 aromatic carbocycles. The largest absolute Gasteiger partial charge is 0.465 e. The van der Waals surface area contributed by atoms with Crippen molar-refractivity contribution >= 4 is 27.8 Å². The second-order valence-corrected chi connectivity index (χ2v) is 6.17. The van der Waals surface area contributed by atoms with E-state index in [1.54, 1.807) is 12.1 Å². The van der Waals surface area contributed by atoms with Gasteiger partial charge >= 0.3 is 5.97 Å². The average Bonchev–Trinajstić information content (AvgIpc) is 3.23. The molecule has 21 heavy (non-hydrogen) atoms. The maximum absolute atomic E-state index is 11.7. The van der Waals surface area contributed by atoms with Crippen molar-refractivity contribution < 1.29 is 14.3 Å². The van der Waals surface area contributed by atoms with Crippen LogP contribution < -0.4 is 5.32 Å². The zero-order chi connectivity index (χ0) is 15.4. The van der Waals surface area contributed by atoms with Gasteiger partial charge < -0.3 is 10.1 Å². The molecule has 0 atom stereocenters. The molecular formula is C15H19BrN2O3. The number of halogens is 1. The van der Waals surface area contributed by atoms with Gasteiger partial charge in [0.2, 0.25) is 5.91 Å². The van der Waals surface area contributed by atoms with Gasteiger partial charge in [0.25, 0.3) is 0 Å². The molecule has 0 aliphatic heterocycles. The van der Waals surface area contributed by atoms with Crippen molar-refractivity contribution in [1.29, 1.82) is 0 Å². The fraction of sp³-hybridized carbons (Fsp3) is 0.467. The third-order valence-electron chi connectivity index (χ3n) is 3.27. The van der Waals surface area contributed by atoms with Crippen LogP contribution in [0, 0.1) is 0 Å². The van der Waals surface area contributed by atoms with Gasteiger partial charge in [-0.3, -0.25) is 9.69 Å². The predicted molar refractivity (Wildman–Crippen MR) is 83.0 cm³/mol. The van der Waals surface area contributed by atoms with Gasteiger partial charge in [-0.15, -0.1) is 0 Å². The number of ether oxygens (including phenoxy) is 1. The van der Waals surface area contributed by atoms with Crippen LogP contribution in [0.3, 0.4) is 0 Å². The highest BCUT2D eigenvalue weighted by atomic mass is 79.9. The Morgan fingerprint density at radius 1 is 1.43 bits per heavy atom. The van der Waals surface area contributed by atoms with E-state index in [4.69, 9.17) is 0 Å². The van der Waals surface area contributed by atoms with E-state index in [1.807, 2.05) is 18.0 Å².